The van der Waals surface area contributed by atoms with E-state index in [0.29, 0.717) is 13.1 Å². The predicted molar refractivity (Wildman–Crippen MR) is 96.7 cm³/mol. The lowest BCUT2D eigenvalue weighted by molar-refractivity contribution is -0.125. The molecular formula is C17H19N3OS2. The Hall–Kier alpha value is -1.76. The Kier molecular flexibility index (Phi) is 5.05. The largest absolute Gasteiger partial charge is 0.350 e. The molecule has 1 atom stereocenters. The number of nitrogens with zero attached hydrogens (tertiary/aromatic N) is 2. The molecule has 4 nitrogen and oxygen atoms in total. The molecule has 0 saturated heterocycles. The summed E-state index contributed by atoms with van der Waals surface area (Å²) in [5, 5.41) is 6.04. The van der Waals surface area contributed by atoms with Crippen LogP contribution in [-0.2, 0) is 17.9 Å². The van der Waals surface area contributed by atoms with Crippen LogP contribution < -0.4 is 5.32 Å². The van der Waals surface area contributed by atoms with Gasteiger partial charge in [-0.2, -0.15) is 0 Å². The van der Waals surface area contributed by atoms with Crippen LogP contribution in [0.15, 0.2) is 41.8 Å². The molecule has 0 spiro atoms. The maximum absolute atomic E-state index is 12.3. The summed E-state index contributed by atoms with van der Waals surface area (Å²) in [6.07, 6.45) is 0. The van der Waals surface area contributed by atoms with Crippen LogP contribution >= 0.6 is 22.7 Å². The molecule has 6 heteroatoms. The second-order valence-electron chi connectivity index (χ2n) is 5.46. The van der Waals surface area contributed by atoms with Gasteiger partial charge in [0.2, 0.25) is 5.91 Å². The fourth-order valence-corrected chi connectivity index (χ4v) is 3.95. The zero-order valence-corrected chi connectivity index (χ0v) is 14.8. The van der Waals surface area contributed by atoms with Crippen molar-refractivity contribution in [2.24, 2.45) is 0 Å². The minimum atomic E-state index is -0.193. The van der Waals surface area contributed by atoms with Gasteiger partial charge < -0.3 is 5.32 Å². The number of fused-ring (bicyclic) bond motifs is 1. The number of likely N-dealkylation sites (N-methyl/N-ethyl adjacent to an activating group) is 1. The molecule has 1 unspecified atom stereocenters. The van der Waals surface area contributed by atoms with Crippen LogP contribution in [0.2, 0.25) is 0 Å². The van der Waals surface area contributed by atoms with Crippen LogP contribution in [0.3, 0.4) is 0 Å². The minimum Gasteiger partial charge on any atom is -0.350 e. The number of benzene rings is 1. The van der Waals surface area contributed by atoms with Crippen LogP contribution in [-0.4, -0.2) is 28.9 Å². The summed E-state index contributed by atoms with van der Waals surface area (Å²) in [6.45, 7) is 3.19. The number of hydrogen-bond acceptors (Lipinski definition) is 5. The maximum atomic E-state index is 12.3. The van der Waals surface area contributed by atoms with Gasteiger partial charge in [0, 0.05) is 4.88 Å². The van der Waals surface area contributed by atoms with E-state index in [2.05, 4.69) is 16.4 Å². The number of carbonyl (C=O) groups excluding carboxylic acids is 1. The van der Waals surface area contributed by atoms with Gasteiger partial charge in [-0.25, -0.2) is 4.98 Å². The maximum Gasteiger partial charge on any atom is 0.237 e. The van der Waals surface area contributed by atoms with E-state index in [9.17, 15) is 4.79 Å². The molecule has 120 valence electrons. The lowest BCUT2D eigenvalue weighted by Gasteiger charge is -2.22. The molecule has 0 aliphatic rings. The van der Waals surface area contributed by atoms with E-state index in [1.54, 1.807) is 22.7 Å². The first-order valence-electron chi connectivity index (χ1n) is 7.48. The van der Waals surface area contributed by atoms with Crippen LogP contribution in [0.4, 0.5) is 0 Å². The summed E-state index contributed by atoms with van der Waals surface area (Å²) in [5.74, 6) is 0.0435. The van der Waals surface area contributed by atoms with E-state index in [1.807, 2.05) is 54.6 Å². The fourth-order valence-electron chi connectivity index (χ4n) is 2.27. The number of hydrogen-bond donors (Lipinski definition) is 1. The number of amides is 1. The van der Waals surface area contributed by atoms with Gasteiger partial charge in [0.15, 0.2) is 0 Å². The topological polar surface area (TPSA) is 45.2 Å². The van der Waals surface area contributed by atoms with Crippen molar-refractivity contribution in [3.63, 3.8) is 0 Å². The zero-order valence-electron chi connectivity index (χ0n) is 13.2. The van der Waals surface area contributed by atoms with Crippen LogP contribution in [0.5, 0.6) is 0 Å². The Morgan fingerprint density at radius 3 is 2.87 bits per heavy atom. The van der Waals surface area contributed by atoms with Gasteiger partial charge in [-0.3, -0.25) is 9.69 Å². The SMILES string of the molecule is CC(C(=O)NCc1cccs1)N(C)Cc1nc2ccccc2s1. The molecule has 3 aromatic rings. The molecule has 0 fully saturated rings. The van der Waals surface area contributed by atoms with Crippen molar-refractivity contribution in [2.75, 3.05) is 7.05 Å². The summed E-state index contributed by atoms with van der Waals surface area (Å²) in [4.78, 5) is 20.1. The van der Waals surface area contributed by atoms with Gasteiger partial charge in [0.25, 0.3) is 0 Å². The summed E-state index contributed by atoms with van der Waals surface area (Å²) < 4.78 is 1.19. The third-order valence-electron chi connectivity index (χ3n) is 3.78. The molecule has 1 N–H and O–H groups in total. The zero-order chi connectivity index (χ0) is 16.2. The molecule has 0 aliphatic heterocycles. The highest BCUT2D eigenvalue weighted by Crippen LogP contribution is 2.22. The van der Waals surface area contributed by atoms with Crippen LogP contribution in [0.25, 0.3) is 10.2 Å². The number of rotatable bonds is 6. The fraction of sp³-hybridized carbons (Fsp3) is 0.294. The van der Waals surface area contributed by atoms with Crippen molar-refractivity contribution in [1.29, 1.82) is 0 Å². The van der Waals surface area contributed by atoms with E-state index < -0.39 is 0 Å². The smallest absolute Gasteiger partial charge is 0.237 e. The lowest BCUT2D eigenvalue weighted by atomic mass is 10.2. The number of carbonyl (C=O) groups is 1. The lowest BCUT2D eigenvalue weighted by Crippen LogP contribution is -2.42. The van der Waals surface area contributed by atoms with E-state index in [0.717, 1.165) is 10.5 Å². The highest BCUT2D eigenvalue weighted by molar-refractivity contribution is 7.18. The van der Waals surface area contributed by atoms with Crippen molar-refractivity contribution < 1.29 is 4.79 Å². The van der Waals surface area contributed by atoms with E-state index in [-0.39, 0.29) is 11.9 Å². The average molecular weight is 345 g/mol. The van der Waals surface area contributed by atoms with Crippen LogP contribution in [0, 0.1) is 0 Å². The Morgan fingerprint density at radius 2 is 2.13 bits per heavy atom. The third kappa shape index (κ3) is 3.96. The normalized spacial score (nSPS) is 12.7. The van der Waals surface area contributed by atoms with E-state index >= 15 is 0 Å². The minimum absolute atomic E-state index is 0.0435. The van der Waals surface area contributed by atoms with Gasteiger partial charge in [-0.1, -0.05) is 18.2 Å². The molecule has 0 saturated carbocycles. The van der Waals surface area contributed by atoms with Gasteiger partial charge in [-0.05, 0) is 37.6 Å². The molecule has 0 aliphatic carbocycles. The first kappa shape index (κ1) is 16.1. The number of nitrogens with one attached hydrogen (secondary N) is 1. The number of thiazole rings is 1. The second kappa shape index (κ2) is 7.21. The van der Waals surface area contributed by atoms with E-state index in [1.165, 1.54) is 9.58 Å². The number of para-hydroxylation sites is 1. The predicted octanol–water partition coefficient (Wildman–Crippen LogP) is 3.49. The third-order valence-corrected chi connectivity index (χ3v) is 5.68. The molecule has 23 heavy (non-hydrogen) atoms. The molecule has 0 bridgehead atoms. The van der Waals surface area contributed by atoms with Crippen molar-refractivity contribution in [3.05, 3.63) is 51.7 Å². The first-order chi connectivity index (χ1) is 11.1. The number of aromatic nitrogens is 1. The molecule has 1 amide bonds. The Bertz CT molecular complexity index is 749. The Balaban J connectivity index is 1.57. The van der Waals surface area contributed by atoms with Crippen molar-refractivity contribution in [2.45, 2.75) is 26.1 Å². The summed E-state index contributed by atoms with van der Waals surface area (Å²) >= 11 is 3.34. The summed E-state index contributed by atoms with van der Waals surface area (Å²) in [5.41, 5.74) is 1.02. The first-order valence-corrected chi connectivity index (χ1v) is 9.18. The van der Waals surface area contributed by atoms with Crippen molar-refractivity contribution in [3.8, 4) is 0 Å². The van der Waals surface area contributed by atoms with Crippen LogP contribution in [0.1, 0.15) is 16.8 Å². The van der Waals surface area contributed by atoms with Crippen molar-refractivity contribution >= 4 is 38.8 Å². The van der Waals surface area contributed by atoms with Gasteiger partial charge in [-0.15, -0.1) is 22.7 Å². The quantitative estimate of drug-likeness (QED) is 0.744. The summed E-state index contributed by atoms with van der Waals surface area (Å²) in [6, 6.07) is 11.9. The monoisotopic (exact) mass is 345 g/mol. The van der Waals surface area contributed by atoms with E-state index in [4.69, 9.17) is 0 Å². The Morgan fingerprint density at radius 1 is 1.30 bits per heavy atom. The molecule has 3 rings (SSSR count). The summed E-state index contributed by atoms with van der Waals surface area (Å²) in [7, 11) is 1.96. The number of thiophene rings is 1. The Labute approximate surface area is 143 Å². The highest BCUT2D eigenvalue weighted by atomic mass is 32.1. The van der Waals surface area contributed by atoms with Gasteiger partial charge in [0.1, 0.15) is 5.01 Å². The average Bonchev–Trinajstić information content (AvgIpc) is 3.20. The molecule has 2 aromatic heterocycles. The molecule has 1 aromatic carbocycles. The second-order valence-corrected chi connectivity index (χ2v) is 7.61. The highest BCUT2D eigenvalue weighted by Gasteiger charge is 2.19. The van der Waals surface area contributed by atoms with Crippen molar-refractivity contribution in [1.82, 2.24) is 15.2 Å². The molecule has 2 heterocycles. The molecular weight excluding hydrogens is 326 g/mol. The van der Waals surface area contributed by atoms with Gasteiger partial charge in [0.05, 0.1) is 29.3 Å². The standard InChI is InChI=1S/C17H19N3OS2/c1-12(17(21)18-10-13-6-5-9-22-13)20(2)11-16-19-14-7-3-4-8-15(14)23-16/h3-9,12H,10-11H2,1-2H3,(H,18,21). The van der Waals surface area contributed by atoms with Gasteiger partial charge >= 0.3 is 0 Å². The molecule has 0 radical (unpaired) electrons.